The fourth-order valence-corrected chi connectivity index (χ4v) is 3.47. The monoisotopic (exact) mass is 409 g/mol. The molecular formula is C22H27N5OS. The summed E-state index contributed by atoms with van der Waals surface area (Å²) in [5.74, 6) is 6.89. The van der Waals surface area contributed by atoms with Crippen molar-refractivity contribution in [3.8, 4) is 11.4 Å². The molecule has 1 amide bonds. The summed E-state index contributed by atoms with van der Waals surface area (Å²) in [7, 11) is 0. The van der Waals surface area contributed by atoms with Crippen LogP contribution in [0.4, 0.5) is 0 Å². The van der Waals surface area contributed by atoms with E-state index in [1.165, 1.54) is 27.6 Å². The molecule has 0 unspecified atom stereocenters. The molecule has 152 valence electrons. The van der Waals surface area contributed by atoms with Crippen LogP contribution >= 0.6 is 11.8 Å². The summed E-state index contributed by atoms with van der Waals surface area (Å²) in [4.78, 5) is 12.1. The minimum absolute atomic E-state index is 0.0744. The largest absolute Gasteiger partial charge is 0.351 e. The maximum atomic E-state index is 12.1. The molecular weight excluding hydrogens is 382 g/mol. The third-order valence-electron chi connectivity index (χ3n) is 4.62. The van der Waals surface area contributed by atoms with Gasteiger partial charge in [0.05, 0.1) is 5.75 Å². The van der Waals surface area contributed by atoms with Crippen LogP contribution < -0.4 is 11.2 Å². The number of nitrogens with two attached hydrogens (primary N) is 1. The number of thioether (sulfide) groups is 1. The lowest BCUT2D eigenvalue weighted by Gasteiger charge is -2.19. The van der Waals surface area contributed by atoms with E-state index in [2.05, 4.69) is 48.4 Å². The van der Waals surface area contributed by atoms with Crippen LogP contribution in [-0.4, -0.2) is 26.5 Å². The molecule has 29 heavy (non-hydrogen) atoms. The van der Waals surface area contributed by atoms with Crippen molar-refractivity contribution < 1.29 is 4.79 Å². The van der Waals surface area contributed by atoms with E-state index in [1.54, 1.807) is 0 Å². The third-order valence-corrected chi connectivity index (χ3v) is 5.56. The summed E-state index contributed by atoms with van der Waals surface area (Å²) < 4.78 is 1.43. The van der Waals surface area contributed by atoms with Crippen molar-refractivity contribution in [2.75, 3.05) is 11.6 Å². The summed E-state index contributed by atoms with van der Waals surface area (Å²) in [6.07, 6.45) is 0. The van der Waals surface area contributed by atoms with Crippen molar-refractivity contribution in [1.82, 2.24) is 20.2 Å². The first-order valence-electron chi connectivity index (χ1n) is 9.50. The van der Waals surface area contributed by atoms with Gasteiger partial charge in [0.2, 0.25) is 11.1 Å². The lowest BCUT2D eigenvalue weighted by Crippen LogP contribution is -2.25. The zero-order valence-corrected chi connectivity index (χ0v) is 18.1. The molecule has 0 fully saturated rings. The van der Waals surface area contributed by atoms with E-state index in [9.17, 15) is 4.79 Å². The van der Waals surface area contributed by atoms with Crippen molar-refractivity contribution in [2.45, 2.75) is 44.8 Å². The molecule has 3 rings (SSSR count). The van der Waals surface area contributed by atoms with E-state index in [0.29, 0.717) is 17.5 Å². The van der Waals surface area contributed by atoms with Gasteiger partial charge in [0, 0.05) is 12.1 Å². The fraction of sp³-hybridized carbons (Fsp3) is 0.318. The second-order valence-corrected chi connectivity index (χ2v) is 9.00. The number of amides is 1. The second-order valence-electron chi connectivity index (χ2n) is 8.05. The Kier molecular flexibility index (Phi) is 6.27. The standard InChI is InChI=1S/C22H27N5OS/c1-15-5-7-16(8-6-15)13-24-19(28)14-29-21-26-25-20(27(21)23)17-9-11-18(12-10-17)22(2,3)4/h5-12H,13-14,23H2,1-4H3,(H,24,28). The lowest BCUT2D eigenvalue weighted by atomic mass is 9.87. The predicted octanol–water partition coefficient (Wildman–Crippen LogP) is 3.67. The molecule has 0 spiro atoms. The molecule has 0 radical (unpaired) electrons. The summed E-state index contributed by atoms with van der Waals surface area (Å²) in [5.41, 5.74) is 4.48. The van der Waals surface area contributed by atoms with E-state index in [4.69, 9.17) is 5.84 Å². The summed E-state index contributed by atoms with van der Waals surface area (Å²) in [5, 5.41) is 11.7. The number of hydrogen-bond donors (Lipinski definition) is 2. The number of aromatic nitrogens is 3. The Bertz CT molecular complexity index is 972. The van der Waals surface area contributed by atoms with E-state index >= 15 is 0 Å². The highest BCUT2D eigenvalue weighted by Gasteiger charge is 2.16. The fourth-order valence-electron chi connectivity index (χ4n) is 2.78. The lowest BCUT2D eigenvalue weighted by molar-refractivity contribution is -0.118. The summed E-state index contributed by atoms with van der Waals surface area (Å²) in [6.45, 7) is 9.06. The maximum Gasteiger partial charge on any atom is 0.230 e. The number of nitrogens with one attached hydrogen (secondary N) is 1. The summed E-state index contributed by atoms with van der Waals surface area (Å²) >= 11 is 1.27. The Hall–Kier alpha value is -2.80. The molecule has 0 saturated heterocycles. The predicted molar refractivity (Wildman–Crippen MR) is 118 cm³/mol. The zero-order chi connectivity index (χ0) is 21.0. The Morgan fingerprint density at radius 3 is 2.34 bits per heavy atom. The van der Waals surface area contributed by atoms with Gasteiger partial charge in [-0.1, -0.05) is 86.6 Å². The van der Waals surface area contributed by atoms with E-state index in [1.807, 2.05) is 43.3 Å². The molecule has 7 heteroatoms. The zero-order valence-electron chi connectivity index (χ0n) is 17.3. The molecule has 2 aromatic carbocycles. The normalized spacial score (nSPS) is 11.4. The van der Waals surface area contributed by atoms with Crippen molar-refractivity contribution in [3.05, 3.63) is 65.2 Å². The van der Waals surface area contributed by atoms with Crippen LogP contribution in [0.25, 0.3) is 11.4 Å². The molecule has 3 N–H and O–H groups in total. The van der Waals surface area contributed by atoms with Gasteiger partial charge < -0.3 is 11.2 Å². The molecule has 0 aliphatic heterocycles. The van der Waals surface area contributed by atoms with Gasteiger partial charge in [-0.2, -0.15) is 0 Å². The molecule has 3 aromatic rings. The first-order chi connectivity index (χ1) is 13.7. The number of rotatable bonds is 6. The van der Waals surface area contributed by atoms with Gasteiger partial charge >= 0.3 is 0 Å². The number of carbonyl (C=O) groups is 1. The minimum Gasteiger partial charge on any atom is -0.351 e. The Balaban J connectivity index is 1.58. The smallest absolute Gasteiger partial charge is 0.230 e. The topological polar surface area (TPSA) is 85.8 Å². The molecule has 0 saturated carbocycles. The van der Waals surface area contributed by atoms with Crippen LogP contribution in [0.15, 0.2) is 53.7 Å². The average molecular weight is 410 g/mol. The Labute approximate surface area is 175 Å². The molecule has 1 heterocycles. The Morgan fingerprint density at radius 1 is 1.07 bits per heavy atom. The first kappa shape index (κ1) is 20.9. The van der Waals surface area contributed by atoms with E-state index in [0.717, 1.165) is 11.1 Å². The molecule has 1 aromatic heterocycles. The van der Waals surface area contributed by atoms with Crippen LogP contribution in [0.5, 0.6) is 0 Å². The van der Waals surface area contributed by atoms with Crippen LogP contribution in [0.1, 0.15) is 37.5 Å². The van der Waals surface area contributed by atoms with Gasteiger partial charge in [0.25, 0.3) is 0 Å². The van der Waals surface area contributed by atoms with Crippen molar-refractivity contribution in [2.24, 2.45) is 0 Å². The number of carbonyl (C=O) groups excluding carboxylic acids is 1. The quantitative estimate of drug-likeness (QED) is 0.479. The number of nitrogens with zero attached hydrogens (tertiary/aromatic N) is 3. The number of hydrogen-bond acceptors (Lipinski definition) is 5. The molecule has 0 bridgehead atoms. The second kappa shape index (κ2) is 8.69. The van der Waals surface area contributed by atoms with Crippen molar-refractivity contribution >= 4 is 17.7 Å². The van der Waals surface area contributed by atoms with E-state index in [-0.39, 0.29) is 17.1 Å². The average Bonchev–Trinajstić information content (AvgIpc) is 3.06. The molecule has 0 atom stereocenters. The highest BCUT2D eigenvalue weighted by Crippen LogP contribution is 2.26. The van der Waals surface area contributed by atoms with Crippen LogP contribution in [0.3, 0.4) is 0 Å². The van der Waals surface area contributed by atoms with Gasteiger partial charge in [-0.05, 0) is 23.5 Å². The van der Waals surface area contributed by atoms with Gasteiger partial charge in [-0.15, -0.1) is 10.2 Å². The van der Waals surface area contributed by atoms with Gasteiger partial charge in [-0.25, -0.2) is 4.68 Å². The molecule has 0 aliphatic rings. The van der Waals surface area contributed by atoms with E-state index < -0.39 is 0 Å². The first-order valence-corrected chi connectivity index (χ1v) is 10.5. The van der Waals surface area contributed by atoms with Crippen LogP contribution in [0, 0.1) is 6.92 Å². The molecule has 6 nitrogen and oxygen atoms in total. The summed E-state index contributed by atoms with van der Waals surface area (Å²) in [6, 6.07) is 16.2. The number of nitrogen functional groups attached to an aromatic ring is 1. The van der Waals surface area contributed by atoms with Gasteiger partial charge in [0.1, 0.15) is 0 Å². The van der Waals surface area contributed by atoms with Crippen molar-refractivity contribution in [3.63, 3.8) is 0 Å². The number of aryl methyl sites for hydroxylation is 1. The molecule has 0 aliphatic carbocycles. The van der Waals surface area contributed by atoms with Crippen molar-refractivity contribution in [1.29, 1.82) is 0 Å². The minimum atomic E-state index is -0.0744. The number of benzene rings is 2. The SMILES string of the molecule is Cc1ccc(CNC(=O)CSc2nnc(-c3ccc(C(C)(C)C)cc3)n2N)cc1. The highest BCUT2D eigenvalue weighted by atomic mass is 32.2. The maximum absolute atomic E-state index is 12.1. The Morgan fingerprint density at radius 2 is 1.72 bits per heavy atom. The van der Waals surface area contributed by atoms with Gasteiger partial charge in [-0.3, -0.25) is 4.79 Å². The third kappa shape index (κ3) is 5.38. The van der Waals surface area contributed by atoms with Crippen LogP contribution in [-0.2, 0) is 16.8 Å². The highest BCUT2D eigenvalue weighted by molar-refractivity contribution is 7.99. The van der Waals surface area contributed by atoms with Gasteiger partial charge in [0.15, 0.2) is 5.82 Å². The van der Waals surface area contributed by atoms with Crippen LogP contribution in [0.2, 0.25) is 0 Å².